The molecular weight excluding hydrogens is 436 g/mol. The van der Waals surface area contributed by atoms with Crippen LogP contribution in [-0.4, -0.2) is 42.9 Å². The molecule has 0 spiro atoms. The Bertz CT molecular complexity index is 1060. The van der Waals surface area contributed by atoms with Crippen molar-refractivity contribution in [2.75, 3.05) is 31.5 Å². The number of carbonyl (C=O) groups is 2. The minimum atomic E-state index is -0.126. The molecule has 1 saturated heterocycles. The third-order valence-electron chi connectivity index (χ3n) is 5.92. The Hall–Kier alpha value is -3.64. The van der Waals surface area contributed by atoms with E-state index in [1.54, 1.807) is 30.3 Å². The van der Waals surface area contributed by atoms with E-state index >= 15 is 0 Å². The molecule has 184 valence electrons. The molecule has 0 aromatic heterocycles. The highest BCUT2D eigenvalue weighted by molar-refractivity contribution is 5.96. The zero-order chi connectivity index (χ0) is 25.0. The lowest BCUT2D eigenvalue weighted by molar-refractivity contribution is -0.115. The monoisotopic (exact) mass is 472 g/mol. The van der Waals surface area contributed by atoms with Crippen molar-refractivity contribution in [2.45, 2.75) is 33.1 Å². The van der Waals surface area contributed by atoms with Crippen LogP contribution in [0.1, 0.15) is 47.7 Å². The number of aryl methyl sites for hydroxylation is 1. The van der Waals surface area contributed by atoms with Crippen molar-refractivity contribution in [3.05, 3.63) is 95.7 Å². The number of carbonyl (C=O) groups excluding carboxylic acids is 2. The van der Waals surface area contributed by atoms with Gasteiger partial charge in [0.05, 0.1) is 0 Å². The number of amides is 2. The lowest BCUT2D eigenvalue weighted by atomic mass is 10.1. The molecule has 1 aliphatic rings. The predicted molar refractivity (Wildman–Crippen MR) is 144 cm³/mol. The van der Waals surface area contributed by atoms with Gasteiger partial charge in [-0.2, -0.15) is 0 Å². The Morgan fingerprint density at radius 3 is 2.31 bits per heavy atom. The van der Waals surface area contributed by atoms with Gasteiger partial charge in [0.15, 0.2) is 0 Å². The molecule has 1 fully saturated rings. The summed E-state index contributed by atoms with van der Waals surface area (Å²) in [5, 5.41) is 9.19. The van der Waals surface area contributed by atoms with E-state index in [0.717, 1.165) is 36.6 Å². The Morgan fingerprint density at radius 1 is 1.00 bits per heavy atom. The number of allylic oxidation sites excluding steroid dienone is 3. The maximum atomic E-state index is 12.4. The van der Waals surface area contributed by atoms with Crippen LogP contribution in [-0.2, 0) is 4.79 Å². The summed E-state index contributed by atoms with van der Waals surface area (Å²) in [5.74, 6) is -0.220. The first kappa shape index (κ1) is 26.0. The minimum Gasteiger partial charge on any atom is -0.359 e. The molecule has 2 aromatic rings. The molecule has 1 aliphatic heterocycles. The van der Waals surface area contributed by atoms with Gasteiger partial charge in [-0.05, 0) is 75.7 Å². The second-order valence-corrected chi connectivity index (χ2v) is 8.83. The van der Waals surface area contributed by atoms with Gasteiger partial charge in [-0.3, -0.25) is 9.59 Å². The lowest BCUT2D eigenvalue weighted by Crippen LogP contribution is -2.33. The van der Waals surface area contributed by atoms with Crippen LogP contribution in [0.25, 0.3) is 5.70 Å². The van der Waals surface area contributed by atoms with Gasteiger partial charge in [0, 0.05) is 42.2 Å². The van der Waals surface area contributed by atoms with Gasteiger partial charge in [0.1, 0.15) is 0 Å². The molecule has 0 unspecified atom stereocenters. The van der Waals surface area contributed by atoms with Crippen molar-refractivity contribution in [1.29, 1.82) is 0 Å². The number of hydrogen-bond donors (Lipinski definition) is 3. The van der Waals surface area contributed by atoms with E-state index in [-0.39, 0.29) is 18.2 Å². The molecule has 0 radical (unpaired) electrons. The molecule has 3 N–H and O–H groups in total. The topological polar surface area (TPSA) is 73.5 Å². The van der Waals surface area contributed by atoms with E-state index < -0.39 is 0 Å². The van der Waals surface area contributed by atoms with Crippen LogP contribution < -0.4 is 16.0 Å². The van der Waals surface area contributed by atoms with Gasteiger partial charge in [0.25, 0.3) is 5.91 Å². The molecule has 2 amide bonds. The summed E-state index contributed by atoms with van der Waals surface area (Å²) in [7, 11) is 0. The van der Waals surface area contributed by atoms with E-state index in [2.05, 4.69) is 58.6 Å². The molecule has 0 saturated carbocycles. The summed E-state index contributed by atoms with van der Waals surface area (Å²) in [4.78, 5) is 27.1. The molecule has 1 heterocycles. The third-order valence-corrected chi connectivity index (χ3v) is 5.92. The van der Waals surface area contributed by atoms with Crippen LogP contribution in [0, 0.1) is 6.92 Å². The molecular formula is C29H36N4O2. The number of nitrogens with zero attached hydrogens (tertiary/aromatic N) is 1. The Kier molecular flexibility index (Phi) is 9.87. The Morgan fingerprint density at radius 2 is 1.66 bits per heavy atom. The number of rotatable bonds is 11. The second kappa shape index (κ2) is 13.3. The highest BCUT2D eigenvalue weighted by Crippen LogP contribution is 2.15. The molecule has 0 atom stereocenters. The Labute approximate surface area is 208 Å². The van der Waals surface area contributed by atoms with Crippen molar-refractivity contribution >= 4 is 23.2 Å². The number of hydrogen-bond acceptors (Lipinski definition) is 4. The van der Waals surface area contributed by atoms with E-state index in [1.165, 1.54) is 18.4 Å². The summed E-state index contributed by atoms with van der Waals surface area (Å²) < 4.78 is 0. The highest BCUT2D eigenvalue weighted by Gasteiger charge is 2.12. The smallest absolute Gasteiger partial charge is 0.251 e. The van der Waals surface area contributed by atoms with Crippen LogP contribution in [0.5, 0.6) is 0 Å². The average molecular weight is 473 g/mol. The number of anilines is 1. The predicted octanol–water partition coefficient (Wildman–Crippen LogP) is 4.87. The zero-order valence-corrected chi connectivity index (χ0v) is 20.8. The summed E-state index contributed by atoms with van der Waals surface area (Å²) in [5.41, 5.74) is 5.28. The minimum absolute atomic E-state index is 0.0938. The van der Waals surface area contributed by atoms with Crippen LogP contribution in [0.2, 0.25) is 0 Å². The van der Waals surface area contributed by atoms with Crippen LogP contribution >= 0.6 is 0 Å². The lowest BCUT2D eigenvalue weighted by Gasteiger charge is -2.14. The first-order valence-electron chi connectivity index (χ1n) is 12.2. The normalized spacial score (nSPS) is 14.5. The highest BCUT2D eigenvalue weighted by atomic mass is 16.2. The molecule has 35 heavy (non-hydrogen) atoms. The van der Waals surface area contributed by atoms with Crippen molar-refractivity contribution in [1.82, 2.24) is 15.5 Å². The summed E-state index contributed by atoms with van der Waals surface area (Å²) in [6.07, 6.45) is 8.21. The van der Waals surface area contributed by atoms with Gasteiger partial charge < -0.3 is 20.9 Å². The Balaban J connectivity index is 1.46. The van der Waals surface area contributed by atoms with Crippen LogP contribution in [0.3, 0.4) is 0 Å². The second-order valence-electron chi connectivity index (χ2n) is 8.83. The van der Waals surface area contributed by atoms with Crippen molar-refractivity contribution in [3.8, 4) is 0 Å². The zero-order valence-electron chi connectivity index (χ0n) is 20.8. The van der Waals surface area contributed by atoms with Gasteiger partial charge in [-0.1, -0.05) is 48.6 Å². The first-order chi connectivity index (χ1) is 16.9. The number of likely N-dealkylation sites (tertiary alicyclic amines) is 1. The molecule has 0 bridgehead atoms. The van der Waals surface area contributed by atoms with E-state index in [1.807, 2.05) is 19.1 Å². The average Bonchev–Trinajstić information content (AvgIpc) is 3.37. The van der Waals surface area contributed by atoms with Crippen LogP contribution in [0.4, 0.5) is 5.69 Å². The standard InChI is InChI=1S/C29H36N4O2/c1-4-7-27(24-11-8-22(2)9-12-24)31-23(3)10-17-28(34)32-26-15-13-25(14-16-26)29(35)30-18-21-33-19-5-6-20-33/h4,7-16,31H,1,5-6,17-21H2,2-3H3,(H,30,35)(H,32,34)/b23-10-,27-7-. The summed E-state index contributed by atoms with van der Waals surface area (Å²) in [6, 6.07) is 15.2. The fourth-order valence-electron chi connectivity index (χ4n) is 3.92. The summed E-state index contributed by atoms with van der Waals surface area (Å²) in [6.45, 7) is 11.5. The fourth-order valence-corrected chi connectivity index (χ4v) is 3.92. The molecule has 3 rings (SSSR count). The van der Waals surface area contributed by atoms with E-state index in [9.17, 15) is 9.59 Å². The fraction of sp³-hybridized carbons (Fsp3) is 0.310. The molecule has 2 aromatic carbocycles. The van der Waals surface area contributed by atoms with Gasteiger partial charge >= 0.3 is 0 Å². The maximum absolute atomic E-state index is 12.4. The van der Waals surface area contributed by atoms with Crippen molar-refractivity contribution in [2.24, 2.45) is 0 Å². The first-order valence-corrected chi connectivity index (χ1v) is 12.2. The van der Waals surface area contributed by atoms with E-state index in [0.29, 0.717) is 17.8 Å². The number of benzene rings is 2. The summed E-state index contributed by atoms with van der Waals surface area (Å²) >= 11 is 0. The molecule has 6 heteroatoms. The SMILES string of the molecule is C=C/C=C(\N/C(C)=C\CC(=O)Nc1ccc(C(=O)NCCN2CCCC2)cc1)c1ccc(C)cc1. The van der Waals surface area contributed by atoms with Crippen molar-refractivity contribution < 1.29 is 9.59 Å². The van der Waals surface area contributed by atoms with Gasteiger partial charge in [0.2, 0.25) is 5.91 Å². The number of nitrogens with one attached hydrogen (secondary N) is 3. The van der Waals surface area contributed by atoms with Gasteiger partial charge in [-0.25, -0.2) is 0 Å². The van der Waals surface area contributed by atoms with Crippen molar-refractivity contribution in [3.63, 3.8) is 0 Å². The third kappa shape index (κ3) is 8.58. The quantitative estimate of drug-likeness (QED) is 0.408. The molecule has 0 aliphatic carbocycles. The van der Waals surface area contributed by atoms with Crippen LogP contribution in [0.15, 0.2) is 79.0 Å². The maximum Gasteiger partial charge on any atom is 0.251 e. The van der Waals surface area contributed by atoms with Gasteiger partial charge in [-0.15, -0.1) is 0 Å². The molecule has 6 nitrogen and oxygen atoms in total. The van der Waals surface area contributed by atoms with E-state index in [4.69, 9.17) is 0 Å². The largest absolute Gasteiger partial charge is 0.359 e.